The smallest absolute Gasteiger partial charge is 0.155 e. The Morgan fingerprint density at radius 2 is 2.20 bits per heavy atom. The highest BCUT2D eigenvalue weighted by Gasteiger charge is 2.56. The Morgan fingerprint density at radius 1 is 1.28 bits per heavy atom. The molecule has 1 aliphatic carbocycles. The van der Waals surface area contributed by atoms with Crippen molar-refractivity contribution in [2.24, 2.45) is 5.41 Å². The molecule has 1 saturated carbocycles. The van der Waals surface area contributed by atoms with Crippen molar-refractivity contribution in [3.8, 4) is 0 Å². The van der Waals surface area contributed by atoms with Crippen molar-refractivity contribution in [2.75, 3.05) is 13.1 Å². The zero-order valence-corrected chi connectivity index (χ0v) is 15.1. The standard InChI is InChI=1S/C19H23N5S/c1-8-25-14-15(1)12-23(17-9-19(17)2-4-20-5-3-19)13-16-10-22-18-11-21-6-7-24(16)18/h1,6-8,10-11,14,17,20H,2-5,9,12-13H2. The Balaban J connectivity index is 1.41. The Kier molecular flexibility index (Phi) is 3.84. The van der Waals surface area contributed by atoms with Crippen LogP contribution in [0.15, 0.2) is 41.6 Å². The Labute approximate surface area is 151 Å². The van der Waals surface area contributed by atoms with Crippen molar-refractivity contribution >= 4 is 17.0 Å². The topological polar surface area (TPSA) is 45.5 Å². The molecule has 0 bridgehead atoms. The van der Waals surface area contributed by atoms with Crippen LogP contribution >= 0.6 is 11.3 Å². The fraction of sp³-hybridized carbons (Fsp3) is 0.474. The van der Waals surface area contributed by atoms with E-state index in [1.54, 1.807) is 11.3 Å². The lowest BCUT2D eigenvalue weighted by molar-refractivity contribution is 0.186. The average Bonchev–Trinajstić information content (AvgIpc) is 3.03. The summed E-state index contributed by atoms with van der Waals surface area (Å²) in [5.74, 6) is 0. The van der Waals surface area contributed by atoms with Crippen LogP contribution in [0.4, 0.5) is 0 Å². The molecule has 1 spiro atoms. The van der Waals surface area contributed by atoms with Crippen molar-refractivity contribution in [1.29, 1.82) is 0 Å². The SMILES string of the molecule is c1cn2c(CN(Cc3ccsc3)C3CC34CCNCC4)cnc2cn1. The highest BCUT2D eigenvalue weighted by Crippen LogP contribution is 2.56. The first-order valence-corrected chi connectivity index (χ1v) is 10.0. The van der Waals surface area contributed by atoms with E-state index >= 15 is 0 Å². The summed E-state index contributed by atoms with van der Waals surface area (Å²) in [4.78, 5) is 11.4. The fourth-order valence-corrected chi connectivity index (χ4v) is 5.08. The van der Waals surface area contributed by atoms with Crippen LogP contribution in [0.2, 0.25) is 0 Å². The van der Waals surface area contributed by atoms with E-state index in [1.807, 2.05) is 24.8 Å². The summed E-state index contributed by atoms with van der Waals surface area (Å²) in [5, 5.41) is 7.98. The van der Waals surface area contributed by atoms with Gasteiger partial charge in [0.25, 0.3) is 0 Å². The van der Waals surface area contributed by atoms with Crippen molar-refractivity contribution in [2.45, 2.75) is 38.4 Å². The quantitative estimate of drug-likeness (QED) is 0.766. The fourth-order valence-electron chi connectivity index (χ4n) is 4.42. The van der Waals surface area contributed by atoms with Crippen LogP contribution < -0.4 is 5.32 Å². The maximum atomic E-state index is 4.52. The Morgan fingerprint density at radius 3 is 3.04 bits per heavy atom. The van der Waals surface area contributed by atoms with Gasteiger partial charge in [0.15, 0.2) is 5.65 Å². The Bertz CT molecular complexity index is 850. The van der Waals surface area contributed by atoms with Crippen molar-refractivity contribution < 1.29 is 0 Å². The van der Waals surface area contributed by atoms with Gasteiger partial charge in [0.1, 0.15) is 0 Å². The number of hydrogen-bond acceptors (Lipinski definition) is 5. The second-order valence-electron chi connectivity index (χ2n) is 7.42. The molecule has 5 rings (SSSR count). The summed E-state index contributed by atoms with van der Waals surface area (Å²) in [5.41, 5.74) is 4.16. The number of aromatic nitrogens is 3. The van der Waals surface area contributed by atoms with Crippen molar-refractivity contribution in [3.05, 3.63) is 52.9 Å². The van der Waals surface area contributed by atoms with E-state index in [0.29, 0.717) is 11.5 Å². The number of imidazole rings is 1. The number of thiophene rings is 1. The summed E-state index contributed by atoms with van der Waals surface area (Å²) in [6.07, 6.45) is 11.7. The molecular weight excluding hydrogens is 330 g/mol. The minimum atomic E-state index is 0.545. The molecule has 130 valence electrons. The third-order valence-electron chi connectivity index (χ3n) is 5.91. The molecule has 0 radical (unpaired) electrons. The summed E-state index contributed by atoms with van der Waals surface area (Å²) >= 11 is 1.79. The third-order valence-corrected chi connectivity index (χ3v) is 6.64. The zero-order valence-electron chi connectivity index (χ0n) is 14.3. The Hall–Kier alpha value is -1.76. The number of rotatable bonds is 5. The van der Waals surface area contributed by atoms with Crippen LogP contribution in [-0.4, -0.2) is 38.4 Å². The summed E-state index contributed by atoms with van der Waals surface area (Å²) in [7, 11) is 0. The molecule has 5 nitrogen and oxygen atoms in total. The van der Waals surface area contributed by atoms with Gasteiger partial charge in [-0.15, -0.1) is 0 Å². The molecular formula is C19H23N5S. The lowest BCUT2D eigenvalue weighted by atomic mass is 9.93. The first-order chi connectivity index (χ1) is 12.3. The number of fused-ring (bicyclic) bond motifs is 1. The van der Waals surface area contributed by atoms with Crippen LogP contribution in [0.5, 0.6) is 0 Å². The molecule has 1 N–H and O–H groups in total. The van der Waals surface area contributed by atoms with E-state index in [0.717, 1.165) is 18.7 Å². The van der Waals surface area contributed by atoms with Crippen LogP contribution in [0, 0.1) is 5.41 Å². The number of nitrogens with one attached hydrogen (secondary N) is 1. The molecule has 0 amide bonds. The van der Waals surface area contributed by atoms with Gasteiger partial charge < -0.3 is 5.32 Å². The van der Waals surface area contributed by atoms with Gasteiger partial charge >= 0.3 is 0 Å². The highest BCUT2D eigenvalue weighted by molar-refractivity contribution is 7.07. The molecule has 1 atom stereocenters. The van der Waals surface area contributed by atoms with Crippen molar-refractivity contribution in [3.63, 3.8) is 0 Å². The van der Waals surface area contributed by atoms with Gasteiger partial charge in [0, 0.05) is 31.5 Å². The molecule has 1 unspecified atom stereocenters. The zero-order chi connectivity index (χ0) is 16.7. The van der Waals surface area contributed by atoms with Gasteiger partial charge in [-0.3, -0.25) is 14.3 Å². The van der Waals surface area contributed by atoms with Gasteiger partial charge in [0.05, 0.1) is 18.1 Å². The predicted molar refractivity (Wildman–Crippen MR) is 99.5 cm³/mol. The van der Waals surface area contributed by atoms with Crippen LogP contribution in [0.25, 0.3) is 5.65 Å². The van der Waals surface area contributed by atoms with Gasteiger partial charge in [-0.2, -0.15) is 11.3 Å². The first kappa shape index (κ1) is 15.5. The van der Waals surface area contributed by atoms with E-state index in [9.17, 15) is 0 Å². The molecule has 1 aliphatic heterocycles. The van der Waals surface area contributed by atoms with Crippen molar-refractivity contribution in [1.82, 2.24) is 24.6 Å². The molecule has 2 aliphatic rings. The van der Waals surface area contributed by atoms with Gasteiger partial charge in [-0.05, 0) is 60.2 Å². The van der Waals surface area contributed by atoms with E-state index in [2.05, 4.69) is 41.4 Å². The van der Waals surface area contributed by atoms with E-state index in [4.69, 9.17) is 0 Å². The molecule has 25 heavy (non-hydrogen) atoms. The molecule has 3 aromatic rings. The van der Waals surface area contributed by atoms with E-state index in [-0.39, 0.29) is 0 Å². The molecule has 4 heterocycles. The van der Waals surface area contributed by atoms with Crippen LogP contribution in [-0.2, 0) is 13.1 Å². The molecule has 1 saturated heterocycles. The van der Waals surface area contributed by atoms with Gasteiger partial charge in [0.2, 0.25) is 0 Å². The third kappa shape index (κ3) is 2.88. The second kappa shape index (κ2) is 6.20. The minimum absolute atomic E-state index is 0.545. The molecule has 0 aromatic carbocycles. The first-order valence-electron chi connectivity index (χ1n) is 9.06. The normalized spacial score (nSPS) is 22.0. The minimum Gasteiger partial charge on any atom is -0.317 e. The van der Waals surface area contributed by atoms with Gasteiger partial charge in [-0.1, -0.05) is 0 Å². The molecule has 2 fully saturated rings. The number of piperidine rings is 1. The predicted octanol–water partition coefficient (Wildman–Crippen LogP) is 2.94. The lowest BCUT2D eigenvalue weighted by Crippen LogP contribution is -2.36. The molecule has 6 heteroatoms. The number of nitrogens with zero attached hydrogens (tertiary/aromatic N) is 4. The van der Waals surface area contributed by atoms with Crippen LogP contribution in [0.3, 0.4) is 0 Å². The number of hydrogen-bond donors (Lipinski definition) is 1. The summed E-state index contributed by atoms with van der Waals surface area (Å²) < 4.78 is 2.17. The highest BCUT2D eigenvalue weighted by atomic mass is 32.1. The maximum Gasteiger partial charge on any atom is 0.155 e. The summed E-state index contributed by atoms with van der Waals surface area (Å²) in [6, 6.07) is 2.95. The summed E-state index contributed by atoms with van der Waals surface area (Å²) in [6.45, 7) is 4.32. The van der Waals surface area contributed by atoms with Gasteiger partial charge in [-0.25, -0.2) is 4.98 Å². The largest absolute Gasteiger partial charge is 0.317 e. The van der Waals surface area contributed by atoms with E-state index in [1.165, 1.54) is 43.6 Å². The van der Waals surface area contributed by atoms with E-state index < -0.39 is 0 Å². The second-order valence-corrected chi connectivity index (χ2v) is 8.20. The monoisotopic (exact) mass is 353 g/mol. The lowest BCUT2D eigenvalue weighted by Gasteiger charge is -2.29. The van der Waals surface area contributed by atoms with Crippen LogP contribution in [0.1, 0.15) is 30.5 Å². The molecule has 3 aromatic heterocycles. The average molecular weight is 353 g/mol. The maximum absolute atomic E-state index is 4.52.